The fourth-order valence-corrected chi connectivity index (χ4v) is 2.59. The Labute approximate surface area is 129 Å². The average molecular weight is 337 g/mol. The molecule has 2 rings (SSSR count). The lowest BCUT2D eigenvalue weighted by molar-refractivity contribution is 0.236. The van der Waals surface area contributed by atoms with Crippen LogP contribution in [0.25, 0.3) is 0 Å². The molecule has 3 nitrogen and oxygen atoms in total. The summed E-state index contributed by atoms with van der Waals surface area (Å²) in [6.45, 7) is 2.74. The van der Waals surface area contributed by atoms with Crippen molar-refractivity contribution in [3.05, 3.63) is 28.2 Å². The Hall–Kier alpha value is -1.05. The second-order valence-corrected chi connectivity index (χ2v) is 6.60. The summed E-state index contributed by atoms with van der Waals surface area (Å²) in [5.41, 5.74) is 7.31. The summed E-state index contributed by atoms with van der Waals surface area (Å²) in [5.74, 6) is 0.871. The van der Waals surface area contributed by atoms with Crippen LogP contribution in [-0.2, 0) is 6.42 Å². The molecule has 0 spiro atoms. The number of nitriles is 1. The van der Waals surface area contributed by atoms with Gasteiger partial charge in [-0.1, -0.05) is 22.9 Å². The minimum Gasteiger partial charge on any atom is -0.493 e. The molecule has 1 aliphatic carbocycles. The van der Waals surface area contributed by atoms with Crippen LogP contribution in [0.2, 0.25) is 0 Å². The van der Waals surface area contributed by atoms with Gasteiger partial charge < -0.3 is 10.5 Å². The van der Waals surface area contributed by atoms with E-state index in [0.29, 0.717) is 13.0 Å². The third-order valence-corrected chi connectivity index (χ3v) is 4.75. The van der Waals surface area contributed by atoms with Crippen LogP contribution in [-0.4, -0.2) is 12.6 Å². The van der Waals surface area contributed by atoms with Crippen LogP contribution in [0.1, 0.15) is 38.2 Å². The Morgan fingerprint density at radius 3 is 2.85 bits per heavy atom. The van der Waals surface area contributed by atoms with Crippen LogP contribution in [0, 0.1) is 16.7 Å². The second kappa shape index (κ2) is 6.60. The molecule has 0 heterocycles. The standard InChI is InChI=1S/C16H21BrN2O/c1-2-13(19)9-12-10-14(3-4-15(12)17)20-11-16(5-6-16)7-8-18/h3-4,10,13H,2,5-7,9,11,19H2,1H3. The number of ether oxygens (including phenoxy) is 1. The number of nitrogens with two attached hydrogens (primary N) is 1. The van der Waals surface area contributed by atoms with E-state index in [2.05, 4.69) is 35.0 Å². The van der Waals surface area contributed by atoms with Gasteiger partial charge in [-0.3, -0.25) is 0 Å². The predicted molar refractivity (Wildman–Crippen MR) is 83.5 cm³/mol. The molecule has 0 amide bonds. The molecule has 2 N–H and O–H groups in total. The third-order valence-electron chi connectivity index (χ3n) is 3.98. The zero-order chi connectivity index (χ0) is 14.6. The average Bonchev–Trinajstić information content (AvgIpc) is 3.20. The van der Waals surface area contributed by atoms with Gasteiger partial charge in [0.25, 0.3) is 0 Å². The summed E-state index contributed by atoms with van der Waals surface area (Å²) >= 11 is 3.56. The van der Waals surface area contributed by atoms with E-state index in [4.69, 9.17) is 15.7 Å². The topological polar surface area (TPSA) is 59.0 Å². The first-order chi connectivity index (χ1) is 9.58. The van der Waals surface area contributed by atoms with Crippen molar-refractivity contribution in [3.63, 3.8) is 0 Å². The molecular formula is C16H21BrN2O. The molecule has 0 aliphatic heterocycles. The van der Waals surface area contributed by atoms with Gasteiger partial charge in [0.05, 0.1) is 12.7 Å². The highest BCUT2D eigenvalue weighted by Crippen LogP contribution is 2.48. The summed E-state index contributed by atoms with van der Waals surface area (Å²) in [6, 6.07) is 8.47. The van der Waals surface area contributed by atoms with Crippen LogP contribution in [0.3, 0.4) is 0 Å². The number of benzene rings is 1. The molecule has 1 unspecified atom stereocenters. The molecule has 0 saturated heterocycles. The quantitative estimate of drug-likeness (QED) is 0.823. The molecule has 108 valence electrons. The zero-order valence-corrected chi connectivity index (χ0v) is 13.4. The molecule has 0 radical (unpaired) electrons. The van der Waals surface area contributed by atoms with E-state index in [1.165, 1.54) is 5.56 Å². The Morgan fingerprint density at radius 2 is 2.25 bits per heavy atom. The smallest absolute Gasteiger partial charge is 0.119 e. The van der Waals surface area contributed by atoms with Crippen molar-refractivity contribution in [3.8, 4) is 11.8 Å². The number of hydrogen-bond donors (Lipinski definition) is 1. The van der Waals surface area contributed by atoms with Crippen LogP contribution < -0.4 is 10.5 Å². The Balaban J connectivity index is 1.99. The van der Waals surface area contributed by atoms with Crippen molar-refractivity contribution >= 4 is 15.9 Å². The van der Waals surface area contributed by atoms with Gasteiger partial charge in [0.1, 0.15) is 5.75 Å². The van der Waals surface area contributed by atoms with Crippen LogP contribution in [0.4, 0.5) is 0 Å². The lowest BCUT2D eigenvalue weighted by Crippen LogP contribution is -2.21. The minimum absolute atomic E-state index is 0.113. The van der Waals surface area contributed by atoms with E-state index in [9.17, 15) is 0 Å². The highest BCUT2D eigenvalue weighted by molar-refractivity contribution is 9.10. The van der Waals surface area contributed by atoms with E-state index in [0.717, 1.165) is 35.9 Å². The van der Waals surface area contributed by atoms with Gasteiger partial charge in [-0.25, -0.2) is 0 Å². The first-order valence-corrected chi connectivity index (χ1v) is 7.91. The van der Waals surface area contributed by atoms with Gasteiger partial charge in [0, 0.05) is 22.4 Å². The molecule has 1 aromatic carbocycles. The molecule has 0 aromatic heterocycles. The van der Waals surface area contributed by atoms with Crippen molar-refractivity contribution in [1.29, 1.82) is 5.26 Å². The van der Waals surface area contributed by atoms with Crippen molar-refractivity contribution < 1.29 is 4.74 Å². The SMILES string of the molecule is CCC(N)Cc1cc(OCC2(CC#N)CC2)ccc1Br. The van der Waals surface area contributed by atoms with Gasteiger partial charge in [-0.15, -0.1) is 0 Å². The first kappa shape index (κ1) is 15.3. The second-order valence-electron chi connectivity index (χ2n) is 5.75. The van der Waals surface area contributed by atoms with Crippen LogP contribution in [0.5, 0.6) is 5.75 Å². The van der Waals surface area contributed by atoms with Crippen molar-refractivity contribution in [2.45, 2.75) is 45.1 Å². The number of halogens is 1. The van der Waals surface area contributed by atoms with E-state index in [-0.39, 0.29) is 11.5 Å². The normalized spacial score (nSPS) is 17.3. The summed E-state index contributed by atoms with van der Waals surface area (Å²) in [6.07, 6.45) is 4.60. The molecular weight excluding hydrogens is 316 g/mol. The maximum Gasteiger partial charge on any atom is 0.119 e. The fraction of sp³-hybridized carbons (Fsp3) is 0.562. The van der Waals surface area contributed by atoms with Crippen molar-refractivity contribution in [2.24, 2.45) is 11.1 Å². The number of hydrogen-bond acceptors (Lipinski definition) is 3. The Bertz CT molecular complexity index is 506. The van der Waals surface area contributed by atoms with Gasteiger partial charge in [0.15, 0.2) is 0 Å². The summed E-state index contributed by atoms with van der Waals surface area (Å²) in [7, 11) is 0. The largest absolute Gasteiger partial charge is 0.493 e. The van der Waals surface area contributed by atoms with Gasteiger partial charge in [0.2, 0.25) is 0 Å². The Morgan fingerprint density at radius 1 is 1.50 bits per heavy atom. The molecule has 1 atom stereocenters. The van der Waals surface area contributed by atoms with Gasteiger partial charge in [-0.2, -0.15) is 5.26 Å². The minimum atomic E-state index is 0.113. The van der Waals surface area contributed by atoms with Crippen molar-refractivity contribution in [2.75, 3.05) is 6.61 Å². The molecule has 1 fully saturated rings. The molecule has 1 saturated carbocycles. The van der Waals surface area contributed by atoms with E-state index >= 15 is 0 Å². The molecule has 1 aromatic rings. The highest BCUT2D eigenvalue weighted by atomic mass is 79.9. The summed E-state index contributed by atoms with van der Waals surface area (Å²) in [5, 5.41) is 8.82. The van der Waals surface area contributed by atoms with E-state index in [1.54, 1.807) is 0 Å². The summed E-state index contributed by atoms with van der Waals surface area (Å²) in [4.78, 5) is 0. The third kappa shape index (κ3) is 3.97. The number of rotatable bonds is 7. The maximum atomic E-state index is 8.82. The van der Waals surface area contributed by atoms with E-state index < -0.39 is 0 Å². The van der Waals surface area contributed by atoms with Crippen LogP contribution in [0.15, 0.2) is 22.7 Å². The zero-order valence-electron chi connectivity index (χ0n) is 11.9. The predicted octanol–water partition coefficient (Wildman–Crippen LogP) is 3.80. The molecule has 4 heteroatoms. The van der Waals surface area contributed by atoms with Crippen molar-refractivity contribution in [1.82, 2.24) is 0 Å². The molecule has 20 heavy (non-hydrogen) atoms. The lowest BCUT2D eigenvalue weighted by atomic mass is 10.0. The maximum absolute atomic E-state index is 8.82. The monoisotopic (exact) mass is 336 g/mol. The number of nitrogens with zero attached hydrogens (tertiary/aromatic N) is 1. The van der Waals surface area contributed by atoms with Gasteiger partial charge in [-0.05, 0) is 49.4 Å². The summed E-state index contributed by atoms with van der Waals surface area (Å²) < 4.78 is 6.96. The van der Waals surface area contributed by atoms with Gasteiger partial charge >= 0.3 is 0 Å². The first-order valence-electron chi connectivity index (χ1n) is 7.12. The Kier molecular flexibility index (Phi) is 5.06. The molecule has 0 bridgehead atoms. The lowest BCUT2D eigenvalue weighted by Gasteiger charge is -2.15. The fourth-order valence-electron chi connectivity index (χ4n) is 2.18. The molecule has 1 aliphatic rings. The highest BCUT2D eigenvalue weighted by Gasteiger charge is 2.43. The van der Waals surface area contributed by atoms with E-state index in [1.807, 2.05) is 12.1 Å². The van der Waals surface area contributed by atoms with Crippen LogP contribution >= 0.6 is 15.9 Å².